The molecular formula is C14H24N2O2. The van der Waals surface area contributed by atoms with E-state index in [0.29, 0.717) is 25.3 Å². The van der Waals surface area contributed by atoms with Crippen LogP contribution in [0, 0.1) is 28.1 Å². The highest BCUT2D eigenvalue weighted by molar-refractivity contribution is 5.86. The van der Waals surface area contributed by atoms with Crippen LogP contribution in [-0.4, -0.2) is 24.2 Å². The largest absolute Gasteiger partial charge is 0.396 e. The van der Waals surface area contributed by atoms with Crippen molar-refractivity contribution < 1.29 is 9.90 Å². The maximum atomic E-state index is 12.1. The highest BCUT2D eigenvalue weighted by Gasteiger charge is 2.48. The van der Waals surface area contributed by atoms with Gasteiger partial charge in [-0.15, -0.1) is 0 Å². The summed E-state index contributed by atoms with van der Waals surface area (Å²) in [5, 5.41) is 20.9. The third kappa shape index (κ3) is 3.46. The van der Waals surface area contributed by atoms with Crippen molar-refractivity contribution in [3.8, 4) is 6.07 Å². The maximum Gasteiger partial charge on any atom is 0.240 e. The molecular weight excluding hydrogens is 228 g/mol. The van der Waals surface area contributed by atoms with Gasteiger partial charge >= 0.3 is 0 Å². The number of nitrogens with one attached hydrogen (secondary N) is 1. The van der Waals surface area contributed by atoms with Crippen LogP contribution in [0.5, 0.6) is 0 Å². The van der Waals surface area contributed by atoms with Gasteiger partial charge in [-0.2, -0.15) is 5.26 Å². The Morgan fingerprint density at radius 2 is 2.17 bits per heavy atom. The van der Waals surface area contributed by atoms with Crippen LogP contribution in [0.1, 0.15) is 46.5 Å². The van der Waals surface area contributed by atoms with Crippen molar-refractivity contribution in [1.29, 1.82) is 5.26 Å². The molecule has 0 bridgehead atoms. The van der Waals surface area contributed by atoms with E-state index in [2.05, 4.69) is 32.2 Å². The first kappa shape index (κ1) is 15.0. The molecule has 0 atom stereocenters. The lowest BCUT2D eigenvalue weighted by Crippen LogP contribution is -2.50. The number of carbonyl (C=O) groups excluding carboxylic acids is 1. The zero-order valence-corrected chi connectivity index (χ0v) is 11.6. The summed E-state index contributed by atoms with van der Waals surface area (Å²) in [5.74, 6) is 0.345. The Morgan fingerprint density at radius 3 is 2.61 bits per heavy atom. The zero-order chi connectivity index (χ0) is 13.8. The predicted octanol–water partition coefficient (Wildman–Crippen LogP) is 1.84. The Morgan fingerprint density at radius 1 is 1.56 bits per heavy atom. The first-order valence-corrected chi connectivity index (χ1v) is 6.66. The van der Waals surface area contributed by atoms with E-state index in [1.54, 1.807) is 0 Å². The van der Waals surface area contributed by atoms with Gasteiger partial charge in [0.2, 0.25) is 5.91 Å². The molecule has 1 fully saturated rings. The SMILES string of the molecule is CC1CC(C#N)(C(=O)NCC(C)(C)CCCO)C1. The Kier molecular flexibility index (Phi) is 4.75. The highest BCUT2D eigenvalue weighted by atomic mass is 16.2. The monoisotopic (exact) mass is 252 g/mol. The molecule has 1 saturated carbocycles. The van der Waals surface area contributed by atoms with Gasteiger partial charge in [-0.1, -0.05) is 20.8 Å². The van der Waals surface area contributed by atoms with Crippen LogP contribution < -0.4 is 5.32 Å². The lowest BCUT2D eigenvalue weighted by Gasteiger charge is -2.40. The van der Waals surface area contributed by atoms with Gasteiger partial charge in [0, 0.05) is 13.2 Å². The summed E-state index contributed by atoms with van der Waals surface area (Å²) >= 11 is 0. The Labute approximate surface area is 109 Å². The van der Waals surface area contributed by atoms with Crippen molar-refractivity contribution in [1.82, 2.24) is 5.32 Å². The zero-order valence-electron chi connectivity index (χ0n) is 11.6. The topological polar surface area (TPSA) is 73.1 Å². The van der Waals surface area contributed by atoms with Crippen molar-refractivity contribution in [2.75, 3.05) is 13.2 Å². The number of nitriles is 1. The second kappa shape index (κ2) is 5.71. The van der Waals surface area contributed by atoms with Crippen LogP contribution >= 0.6 is 0 Å². The number of hydrogen-bond acceptors (Lipinski definition) is 3. The van der Waals surface area contributed by atoms with E-state index >= 15 is 0 Å². The standard InChI is InChI=1S/C14H24N2O2/c1-11-7-14(8-11,9-15)12(18)16-10-13(2,3)5-4-6-17/h11,17H,4-8,10H2,1-3H3,(H,16,18). The summed E-state index contributed by atoms with van der Waals surface area (Å²) in [6.45, 7) is 6.92. The fourth-order valence-corrected chi connectivity index (χ4v) is 2.59. The molecule has 1 rings (SSSR count). The molecule has 0 radical (unpaired) electrons. The number of rotatable bonds is 6. The number of aliphatic hydroxyl groups excluding tert-OH is 1. The highest BCUT2D eigenvalue weighted by Crippen LogP contribution is 2.45. The Bertz CT molecular complexity index is 338. The van der Waals surface area contributed by atoms with Gasteiger partial charge in [0.1, 0.15) is 5.41 Å². The molecule has 0 aromatic carbocycles. The van der Waals surface area contributed by atoms with Crippen LogP contribution in [0.3, 0.4) is 0 Å². The van der Waals surface area contributed by atoms with Crippen LogP contribution in [0.2, 0.25) is 0 Å². The van der Waals surface area contributed by atoms with Gasteiger partial charge in [-0.05, 0) is 37.0 Å². The third-order valence-electron chi connectivity index (χ3n) is 3.78. The second-order valence-corrected chi connectivity index (χ2v) is 6.38. The average Bonchev–Trinajstić information content (AvgIpc) is 2.29. The van der Waals surface area contributed by atoms with E-state index in [4.69, 9.17) is 10.4 Å². The van der Waals surface area contributed by atoms with Gasteiger partial charge in [-0.3, -0.25) is 4.79 Å². The normalized spacial score (nSPS) is 27.2. The maximum absolute atomic E-state index is 12.1. The molecule has 0 spiro atoms. The number of carbonyl (C=O) groups is 1. The van der Waals surface area contributed by atoms with Gasteiger partial charge in [0.15, 0.2) is 0 Å². The molecule has 4 heteroatoms. The summed E-state index contributed by atoms with van der Waals surface area (Å²) < 4.78 is 0. The summed E-state index contributed by atoms with van der Waals surface area (Å²) in [4.78, 5) is 12.1. The quantitative estimate of drug-likeness (QED) is 0.757. The minimum absolute atomic E-state index is 0.0373. The molecule has 0 aromatic heterocycles. The van der Waals surface area contributed by atoms with Gasteiger partial charge in [-0.25, -0.2) is 0 Å². The van der Waals surface area contributed by atoms with Crippen molar-refractivity contribution in [2.45, 2.75) is 46.5 Å². The molecule has 102 valence electrons. The minimum Gasteiger partial charge on any atom is -0.396 e. The molecule has 0 unspecified atom stereocenters. The van der Waals surface area contributed by atoms with Crippen LogP contribution in [0.4, 0.5) is 0 Å². The first-order chi connectivity index (χ1) is 8.35. The summed E-state index contributed by atoms with van der Waals surface area (Å²) in [6.07, 6.45) is 2.95. The Balaban J connectivity index is 2.44. The number of hydrogen-bond donors (Lipinski definition) is 2. The number of aliphatic hydroxyl groups is 1. The number of amides is 1. The van der Waals surface area contributed by atoms with E-state index in [1.807, 2.05) is 0 Å². The minimum atomic E-state index is -0.785. The van der Waals surface area contributed by atoms with E-state index in [-0.39, 0.29) is 17.9 Å². The van der Waals surface area contributed by atoms with Crippen LogP contribution in [0.25, 0.3) is 0 Å². The molecule has 0 saturated heterocycles. The van der Waals surface area contributed by atoms with E-state index < -0.39 is 5.41 Å². The first-order valence-electron chi connectivity index (χ1n) is 6.66. The third-order valence-corrected chi connectivity index (χ3v) is 3.78. The van der Waals surface area contributed by atoms with Crippen molar-refractivity contribution in [2.24, 2.45) is 16.7 Å². The molecule has 1 aliphatic rings. The fraction of sp³-hybridized carbons (Fsp3) is 0.857. The van der Waals surface area contributed by atoms with Gasteiger partial charge in [0.05, 0.1) is 6.07 Å². The molecule has 1 amide bonds. The summed E-state index contributed by atoms with van der Waals surface area (Å²) in [5.41, 5.74) is -0.823. The van der Waals surface area contributed by atoms with E-state index in [9.17, 15) is 4.79 Å². The lowest BCUT2D eigenvalue weighted by molar-refractivity contribution is -0.134. The average molecular weight is 252 g/mol. The van der Waals surface area contributed by atoms with Crippen molar-refractivity contribution in [3.05, 3.63) is 0 Å². The predicted molar refractivity (Wildman–Crippen MR) is 69.6 cm³/mol. The van der Waals surface area contributed by atoms with Gasteiger partial charge in [0.25, 0.3) is 0 Å². The molecule has 2 N–H and O–H groups in total. The van der Waals surface area contributed by atoms with E-state index in [1.165, 1.54) is 0 Å². The fourth-order valence-electron chi connectivity index (χ4n) is 2.59. The van der Waals surface area contributed by atoms with Crippen LogP contribution in [-0.2, 0) is 4.79 Å². The van der Waals surface area contributed by atoms with Crippen molar-refractivity contribution >= 4 is 5.91 Å². The molecule has 0 aromatic rings. The number of nitrogens with zero attached hydrogens (tertiary/aromatic N) is 1. The van der Waals surface area contributed by atoms with Crippen LogP contribution in [0.15, 0.2) is 0 Å². The van der Waals surface area contributed by atoms with Crippen molar-refractivity contribution in [3.63, 3.8) is 0 Å². The smallest absolute Gasteiger partial charge is 0.240 e. The summed E-state index contributed by atoms with van der Waals surface area (Å²) in [7, 11) is 0. The Hall–Kier alpha value is -1.08. The van der Waals surface area contributed by atoms with E-state index in [0.717, 1.165) is 12.8 Å². The molecule has 4 nitrogen and oxygen atoms in total. The molecule has 1 aliphatic carbocycles. The van der Waals surface area contributed by atoms with Gasteiger partial charge < -0.3 is 10.4 Å². The molecule has 0 heterocycles. The molecule has 0 aliphatic heterocycles. The second-order valence-electron chi connectivity index (χ2n) is 6.38. The summed E-state index contributed by atoms with van der Waals surface area (Å²) in [6, 6.07) is 2.17. The molecule has 18 heavy (non-hydrogen) atoms. The lowest BCUT2D eigenvalue weighted by atomic mass is 9.63.